The van der Waals surface area contributed by atoms with Crippen molar-refractivity contribution in [3.63, 3.8) is 0 Å². The lowest BCUT2D eigenvalue weighted by Gasteiger charge is -2.14. The first-order valence-corrected chi connectivity index (χ1v) is 46.0. The van der Waals surface area contributed by atoms with Gasteiger partial charge in [0.15, 0.2) is 0 Å². The molecule has 12 aromatic rings. The Morgan fingerprint density at radius 1 is 0.267 bits per heavy atom. The van der Waals surface area contributed by atoms with Crippen LogP contribution in [0.5, 0.6) is 69.0 Å². The average molecular weight is 2100 g/mol. The predicted molar refractivity (Wildman–Crippen MR) is 527 cm³/mol. The maximum Gasteiger partial charge on any atom is 0.310 e. The minimum atomic E-state index is -0.496. The lowest BCUT2D eigenvalue weighted by molar-refractivity contribution is -0.135. The normalized spacial score (nSPS) is 10.3. The van der Waals surface area contributed by atoms with E-state index in [2.05, 4.69) is 38.5 Å². The molecular weight excluding hydrogens is 2000 g/mol. The number of carbonyl (C=O) groups excluding carboxylic acids is 6. The summed E-state index contributed by atoms with van der Waals surface area (Å²) < 4.78 is 81.8. The number of hydrogen-bond acceptors (Lipinski definition) is 18. The van der Waals surface area contributed by atoms with Gasteiger partial charge in [0, 0.05) is 68.8 Å². The van der Waals surface area contributed by atoms with Crippen molar-refractivity contribution >= 4 is 156 Å². The monoisotopic (exact) mass is 2090 g/mol. The zero-order valence-corrected chi connectivity index (χ0v) is 83.5. The Balaban J connectivity index is 0.000000215. The molecule has 0 fully saturated rings. The second kappa shape index (κ2) is 55.7. The molecule has 0 aromatic heterocycles. The average Bonchev–Trinajstić information content (AvgIpc) is 0.849. The van der Waals surface area contributed by atoms with Gasteiger partial charge in [0.05, 0.1) is 46.3 Å². The Morgan fingerprint density at radius 2 is 0.527 bits per heavy atom. The lowest BCUT2D eigenvalue weighted by atomic mass is 10.1. The van der Waals surface area contributed by atoms with Crippen LogP contribution in [0.25, 0.3) is 0 Å². The molecule has 0 unspecified atom stereocenters. The number of hydrogen-bond donors (Lipinski definition) is 0. The van der Waals surface area contributed by atoms with Gasteiger partial charge in [-0.25, -0.2) is 4.39 Å². The third kappa shape index (κ3) is 35.8. The van der Waals surface area contributed by atoms with Gasteiger partial charge in [-0.05, 0) is 243 Å². The third-order valence-corrected chi connectivity index (χ3v) is 22.4. The topological polar surface area (TPSA) is 213 Å². The van der Waals surface area contributed by atoms with Gasteiger partial charge in [-0.2, -0.15) is 0 Å². The van der Waals surface area contributed by atoms with Gasteiger partial charge < -0.3 is 56.8 Å². The minimum absolute atomic E-state index is 0.0816. The van der Waals surface area contributed by atoms with Crippen molar-refractivity contribution in [2.45, 2.75) is 168 Å². The number of esters is 6. The van der Waals surface area contributed by atoms with E-state index in [4.69, 9.17) is 138 Å². The Labute approximate surface area is 821 Å². The summed E-state index contributed by atoms with van der Waals surface area (Å²) in [5, 5.41) is 3.71. The summed E-state index contributed by atoms with van der Waals surface area (Å²) in [6.07, 6.45) is 1.81. The molecule has 0 saturated carbocycles. The van der Waals surface area contributed by atoms with Crippen LogP contribution in [0.1, 0.15) is 152 Å². The maximum atomic E-state index is 14.0. The molecule has 0 radical (unpaired) electrons. The molecule has 0 atom stereocenters. The smallest absolute Gasteiger partial charge is 0.310 e. The first kappa shape index (κ1) is 107. The molecule has 0 aliphatic heterocycles. The number of aryl methyl sites for hydroxylation is 7. The fraction of sp³-hybridized carbons (Fsp3) is 0.243. The number of carbonyl (C=O) groups is 6. The summed E-state index contributed by atoms with van der Waals surface area (Å²) in [5.41, 5.74) is 11.4. The van der Waals surface area contributed by atoms with Crippen molar-refractivity contribution < 1.29 is 90.0 Å². The number of benzene rings is 12. The molecule has 28 heteroatoms. The molecule has 12 rings (SSSR count). The van der Waals surface area contributed by atoms with Crippen LogP contribution in [0.4, 0.5) is 4.39 Å². The zero-order valence-electron chi connectivity index (χ0n) is 74.5. The largest absolute Gasteiger partial charge is 0.487 e. The van der Waals surface area contributed by atoms with Gasteiger partial charge in [0.2, 0.25) is 0 Å². The van der Waals surface area contributed by atoms with Gasteiger partial charge in [0.1, 0.15) is 114 Å². The van der Waals surface area contributed by atoms with Crippen LogP contribution in [0.15, 0.2) is 229 Å². The van der Waals surface area contributed by atoms with Crippen molar-refractivity contribution in [3.8, 4) is 69.0 Å². The second-order valence-electron chi connectivity index (χ2n) is 28.8. The molecule has 18 nitrogen and oxygen atoms in total. The molecule has 0 aliphatic carbocycles. The summed E-state index contributed by atoms with van der Waals surface area (Å²) in [5.74, 6) is 3.75. The first-order chi connectivity index (χ1) is 62.6. The maximum absolute atomic E-state index is 14.0. The van der Waals surface area contributed by atoms with E-state index in [0.717, 1.165) is 69.2 Å². The highest BCUT2D eigenvalue weighted by atomic mass is 127. The molecule has 0 spiro atoms. The van der Waals surface area contributed by atoms with E-state index < -0.39 is 11.8 Å². The van der Waals surface area contributed by atoms with E-state index in [9.17, 15) is 33.2 Å². The van der Waals surface area contributed by atoms with Crippen LogP contribution in [-0.4, -0.2) is 35.8 Å². The SMILES string of the molecule is CCC(=O)Oc1cccc(Br)c1COc1ccc(C)cc1Cl.CCC(=O)Oc1cccc(C)c1COc1ccc(C)cc1Cl.CCC(=O)Oc1cccc(Cl)c1COc1ccc(C)cc1Cl.CCC(=O)Oc1cccc(F)c1COc1ccc(C)cc1Cl.CCC(=O)Oc1cccc(I)c1COc1ccc(C)cc1Cl.CCC(=O)Oc1ccccc1COc1ccc(C)cc1Cl. The molecule has 0 N–H and O–H groups in total. The van der Waals surface area contributed by atoms with Gasteiger partial charge in [0.25, 0.3) is 0 Å². The van der Waals surface area contributed by atoms with Crippen LogP contribution in [0.2, 0.25) is 35.2 Å². The second-order valence-corrected chi connectivity index (χ2v) is 33.7. The van der Waals surface area contributed by atoms with Crippen LogP contribution < -0.4 is 56.8 Å². The van der Waals surface area contributed by atoms with Gasteiger partial charge in [-0.3, -0.25) is 28.8 Å². The van der Waals surface area contributed by atoms with Crippen molar-refractivity contribution in [1.82, 2.24) is 0 Å². The minimum Gasteiger partial charge on any atom is -0.487 e. The standard InChI is InChI=1S/C18H19ClO3.C17H16BrClO3.C17H16Cl2O3.C17H16ClFO3.C17H16ClIO3.C17H17ClO3/c1-4-18(20)22-16-7-5-6-13(3)14(16)11-21-17-9-8-12(2)10-15(17)19;2*1-3-17(20)22-15-6-4-5-13(18)12(15)10-21-16-8-7-11(2)9-14(16)19;2*1-3-17(20)22-15-6-4-5-14(19)12(15)10-21-16-8-7-11(2)9-13(16)18;1-3-17(19)21-15-7-5-4-6-13(15)11-20-16-9-8-12(2)10-14(16)18/h5-10H,4,11H2,1-3H3;4*4-9H,3,10H2,1-2H3;4-10H,3,11H2,1-2H3. The lowest BCUT2D eigenvalue weighted by Crippen LogP contribution is -2.10. The van der Waals surface area contributed by atoms with Crippen LogP contribution >= 0.6 is 120 Å². The molecule has 131 heavy (non-hydrogen) atoms. The van der Waals surface area contributed by atoms with Crippen molar-refractivity contribution in [2.24, 2.45) is 0 Å². The van der Waals surface area contributed by atoms with Crippen LogP contribution in [-0.2, 0) is 68.4 Å². The molecule has 0 saturated heterocycles. The quantitative estimate of drug-likeness (QED) is 0.0232. The fourth-order valence-corrected chi connectivity index (χ4v) is 14.2. The van der Waals surface area contributed by atoms with Gasteiger partial charge >= 0.3 is 35.8 Å². The molecule has 0 bridgehead atoms. The Hall–Kier alpha value is -10.6. The van der Waals surface area contributed by atoms with Crippen molar-refractivity contribution in [2.75, 3.05) is 0 Å². The third-order valence-electron chi connectivity index (χ3n) is 18.5. The Kier molecular flexibility index (Phi) is 45.7. The van der Waals surface area contributed by atoms with Crippen molar-refractivity contribution in [3.05, 3.63) is 346 Å². The Morgan fingerprint density at radius 3 is 0.893 bits per heavy atom. The molecular formula is C103H100BrCl7FIO18. The van der Waals surface area contributed by atoms with E-state index in [0.29, 0.717) is 136 Å². The van der Waals surface area contributed by atoms with Crippen LogP contribution in [0, 0.1) is 57.9 Å². The molecule has 0 amide bonds. The first-order valence-electron chi connectivity index (χ1n) is 41.5. The van der Waals surface area contributed by atoms with E-state index in [1.807, 2.05) is 194 Å². The number of ether oxygens (including phenoxy) is 12. The molecule has 690 valence electrons. The summed E-state index contributed by atoms with van der Waals surface area (Å²) >= 11 is 48.7. The number of para-hydroxylation sites is 1. The highest BCUT2D eigenvalue weighted by Crippen LogP contribution is 2.38. The Bertz CT molecular complexity index is 5210. The van der Waals surface area contributed by atoms with E-state index in [1.54, 1.807) is 102 Å². The molecule has 0 aliphatic rings. The van der Waals surface area contributed by atoms with E-state index in [1.165, 1.54) is 18.2 Å². The van der Waals surface area contributed by atoms with Gasteiger partial charge in [-0.1, -0.05) is 230 Å². The van der Waals surface area contributed by atoms with Gasteiger partial charge in [-0.15, -0.1) is 0 Å². The number of halogens is 10. The summed E-state index contributed by atoms with van der Waals surface area (Å²) in [6, 6.07) is 66.7. The van der Waals surface area contributed by atoms with Crippen LogP contribution in [0.3, 0.4) is 0 Å². The zero-order chi connectivity index (χ0) is 95.8. The summed E-state index contributed by atoms with van der Waals surface area (Å²) in [6.45, 7) is 25.3. The van der Waals surface area contributed by atoms with E-state index in [-0.39, 0.29) is 87.0 Å². The summed E-state index contributed by atoms with van der Waals surface area (Å²) in [7, 11) is 0. The molecule has 0 heterocycles. The summed E-state index contributed by atoms with van der Waals surface area (Å²) in [4.78, 5) is 68.9. The molecule has 12 aromatic carbocycles. The highest BCUT2D eigenvalue weighted by molar-refractivity contribution is 14.1. The number of rotatable bonds is 30. The fourth-order valence-electron chi connectivity index (χ4n) is 11.2. The van der Waals surface area contributed by atoms with Crippen molar-refractivity contribution in [1.29, 1.82) is 0 Å². The predicted octanol–water partition coefficient (Wildman–Crippen LogP) is 29.7. The van der Waals surface area contributed by atoms with E-state index >= 15 is 0 Å². The highest BCUT2D eigenvalue weighted by Gasteiger charge is 2.21.